The summed E-state index contributed by atoms with van der Waals surface area (Å²) in [5.74, 6) is 0.712. The molecule has 3 N–H and O–H groups in total. The van der Waals surface area contributed by atoms with E-state index < -0.39 is 0 Å². The minimum absolute atomic E-state index is 0.712. The molecule has 0 aliphatic heterocycles. The minimum Gasteiger partial charge on any atom is -0.398 e. The summed E-state index contributed by atoms with van der Waals surface area (Å²) in [5.41, 5.74) is 11.2. The molecule has 1 aromatic heterocycles. The lowest BCUT2D eigenvalue weighted by atomic mass is 10.1. The van der Waals surface area contributed by atoms with Gasteiger partial charge in [0.2, 0.25) is 0 Å². The molecule has 1 heterocycles. The molecular formula is C13H15N3. The van der Waals surface area contributed by atoms with E-state index in [0.717, 1.165) is 22.5 Å². The second-order valence-electron chi connectivity index (χ2n) is 4.55. The largest absolute Gasteiger partial charge is 0.398 e. The lowest BCUT2D eigenvalue weighted by molar-refractivity contribution is 0.967. The van der Waals surface area contributed by atoms with E-state index >= 15 is 0 Å². The number of aromatic amines is 1. The molecule has 0 unspecified atom stereocenters. The molecule has 3 rings (SSSR count). The number of benzene rings is 1. The smallest absolute Gasteiger partial charge is 0.0924 e. The SMILES string of the molecule is Cc1ccc(-c2cc(C3CC3)[nH]n2)cc1N. The lowest BCUT2D eigenvalue weighted by Crippen LogP contribution is -1.89. The highest BCUT2D eigenvalue weighted by molar-refractivity contribution is 5.66. The number of aromatic nitrogens is 2. The van der Waals surface area contributed by atoms with Crippen molar-refractivity contribution < 1.29 is 0 Å². The van der Waals surface area contributed by atoms with Gasteiger partial charge in [-0.25, -0.2) is 0 Å². The molecule has 0 bridgehead atoms. The highest BCUT2D eigenvalue weighted by atomic mass is 15.1. The van der Waals surface area contributed by atoms with Gasteiger partial charge in [-0.1, -0.05) is 12.1 Å². The first-order chi connectivity index (χ1) is 7.74. The fourth-order valence-electron chi connectivity index (χ4n) is 1.89. The molecule has 2 aromatic rings. The maximum absolute atomic E-state index is 5.90. The summed E-state index contributed by atoms with van der Waals surface area (Å²) in [6.07, 6.45) is 2.58. The Balaban J connectivity index is 1.97. The van der Waals surface area contributed by atoms with Crippen molar-refractivity contribution in [3.8, 4) is 11.3 Å². The Labute approximate surface area is 94.7 Å². The predicted molar refractivity (Wildman–Crippen MR) is 65.1 cm³/mol. The molecule has 82 valence electrons. The molecule has 1 aromatic carbocycles. The average molecular weight is 213 g/mol. The van der Waals surface area contributed by atoms with E-state index in [-0.39, 0.29) is 0 Å². The number of rotatable bonds is 2. The number of nitrogens with two attached hydrogens (primary N) is 1. The van der Waals surface area contributed by atoms with Gasteiger partial charge < -0.3 is 5.73 Å². The Morgan fingerprint density at radius 3 is 2.81 bits per heavy atom. The molecule has 1 saturated carbocycles. The van der Waals surface area contributed by atoms with Gasteiger partial charge in [-0.3, -0.25) is 5.10 Å². The van der Waals surface area contributed by atoms with Crippen molar-refractivity contribution in [2.45, 2.75) is 25.7 Å². The normalized spacial score (nSPS) is 15.3. The Morgan fingerprint density at radius 2 is 2.12 bits per heavy atom. The zero-order valence-electron chi connectivity index (χ0n) is 9.33. The number of hydrogen-bond acceptors (Lipinski definition) is 2. The Morgan fingerprint density at radius 1 is 1.31 bits per heavy atom. The van der Waals surface area contributed by atoms with E-state index in [4.69, 9.17) is 5.73 Å². The van der Waals surface area contributed by atoms with Crippen molar-refractivity contribution in [2.24, 2.45) is 0 Å². The Bertz CT molecular complexity index is 524. The fourth-order valence-corrected chi connectivity index (χ4v) is 1.89. The topological polar surface area (TPSA) is 54.7 Å². The lowest BCUT2D eigenvalue weighted by Gasteiger charge is -2.01. The van der Waals surface area contributed by atoms with E-state index in [1.54, 1.807) is 0 Å². The van der Waals surface area contributed by atoms with Crippen molar-refractivity contribution in [1.82, 2.24) is 10.2 Å². The summed E-state index contributed by atoms with van der Waals surface area (Å²) in [4.78, 5) is 0. The van der Waals surface area contributed by atoms with Gasteiger partial charge in [-0.2, -0.15) is 5.10 Å². The van der Waals surface area contributed by atoms with Crippen molar-refractivity contribution in [3.63, 3.8) is 0 Å². The van der Waals surface area contributed by atoms with E-state index in [1.165, 1.54) is 18.5 Å². The molecule has 0 radical (unpaired) electrons. The van der Waals surface area contributed by atoms with Crippen molar-refractivity contribution in [2.75, 3.05) is 5.73 Å². The van der Waals surface area contributed by atoms with Crippen LogP contribution in [0.5, 0.6) is 0 Å². The van der Waals surface area contributed by atoms with Gasteiger partial charge in [-0.05, 0) is 37.5 Å². The fraction of sp³-hybridized carbons (Fsp3) is 0.308. The van der Waals surface area contributed by atoms with Crippen molar-refractivity contribution in [3.05, 3.63) is 35.5 Å². The quantitative estimate of drug-likeness (QED) is 0.754. The van der Waals surface area contributed by atoms with Gasteiger partial charge in [0, 0.05) is 22.9 Å². The van der Waals surface area contributed by atoms with Crippen LogP contribution < -0.4 is 5.73 Å². The van der Waals surface area contributed by atoms with E-state index in [0.29, 0.717) is 5.92 Å². The molecule has 1 fully saturated rings. The summed E-state index contributed by atoms with van der Waals surface area (Å²) >= 11 is 0. The summed E-state index contributed by atoms with van der Waals surface area (Å²) in [7, 11) is 0. The molecule has 3 heteroatoms. The standard InChI is InChI=1S/C13H15N3/c1-8-2-3-10(6-11(8)14)13-7-12(15-16-13)9-4-5-9/h2-3,6-7,9H,4-5,14H2,1H3,(H,15,16). The molecule has 1 aliphatic carbocycles. The molecule has 0 atom stereocenters. The second-order valence-corrected chi connectivity index (χ2v) is 4.55. The van der Waals surface area contributed by atoms with Crippen LogP contribution in [0.2, 0.25) is 0 Å². The maximum atomic E-state index is 5.90. The van der Waals surface area contributed by atoms with Crippen LogP contribution in [-0.2, 0) is 0 Å². The molecule has 0 saturated heterocycles. The zero-order chi connectivity index (χ0) is 11.1. The van der Waals surface area contributed by atoms with Gasteiger partial charge >= 0.3 is 0 Å². The predicted octanol–water partition coefficient (Wildman–Crippen LogP) is 2.84. The molecule has 3 nitrogen and oxygen atoms in total. The van der Waals surface area contributed by atoms with Crippen LogP contribution in [0.15, 0.2) is 24.3 Å². The molecule has 0 amide bonds. The van der Waals surface area contributed by atoms with Crippen LogP contribution in [0.4, 0.5) is 5.69 Å². The third-order valence-corrected chi connectivity index (χ3v) is 3.19. The van der Waals surface area contributed by atoms with Crippen LogP contribution >= 0.6 is 0 Å². The highest BCUT2D eigenvalue weighted by Gasteiger charge is 2.25. The molecular weight excluding hydrogens is 198 g/mol. The van der Waals surface area contributed by atoms with Crippen molar-refractivity contribution >= 4 is 5.69 Å². The van der Waals surface area contributed by atoms with Crippen LogP contribution in [0.3, 0.4) is 0 Å². The monoisotopic (exact) mass is 213 g/mol. The Hall–Kier alpha value is -1.77. The van der Waals surface area contributed by atoms with E-state index in [2.05, 4.69) is 22.3 Å². The van der Waals surface area contributed by atoms with Crippen LogP contribution in [0.1, 0.15) is 30.0 Å². The first kappa shape index (κ1) is 9.46. The first-order valence-electron chi connectivity index (χ1n) is 5.66. The summed E-state index contributed by atoms with van der Waals surface area (Å²) in [6.45, 7) is 2.01. The summed E-state index contributed by atoms with van der Waals surface area (Å²) in [5, 5.41) is 7.45. The highest BCUT2D eigenvalue weighted by Crippen LogP contribution is 2.40. The van der Waals surface area contributed by atoms with Crippen LogP contribution in [0, 0.1) is 6.92 Å². The van der Waals surface area contributed by atoms with E-state index in [9.17, 15) is 0 Å². The first-order valence-corrected chi connectivity index (χ1v) is 5.66. The van der Waals surface area contributed by atoms with Crippen molar-refractivity contribution in [1.29, 1.82) is 0 Å². The number of anilines is 1. The third kappa shape index (κ3) is 1.58. The van der Waals surface area contributed by atoms with Gasteiger partial charge in [0.15, 0.2) is 0 Å². The van der Waals surface area contributed by atoms with Crippen LogP contribution in [-0.4, -0.2) is 10.2 Å². The van der Waals surface area contributed by atoms with E-state index in [1.807, 2.05) is 19.1 Å². The van der Waals surface area contributed by atoms with Gasteiger partial charge in [0.1, 0.15) is 0 Å². The Kier molecular flexibility index (Phi) is 1.99. The number of hydrogen-bond donors (Lipinski definition) is 2. The number of nitrogens with one attached hydrogen (secondary N) is 1. The molecule has 0 spiro atoms. The maximum Gasteiger partial charge on any atom is 0.0924 e. The number of aryl methyl sites for hydroxylation is 1. The molecule has 16 heavy (non-hydrogen) atoms. The third-order valence-electron chi connectivity index (χ3n) is 3.19. The minimum atomic E-state index is 0.712. The second kappa shape index (κ2) is 3.37. The number of H-pyrrole nitrogens is 1. The number of nitrogens with zero attached hydrogens (tertiary/aromatic N) is 1. The number of nitrogen functional groups attached to an aromatic ring is 1. The van der Waals surface area contributed by atoms with Gasteiger partial charge in [0.05, 0.1) is 5.69 Å². The van der Waals surface area contributed by atoms with Gasteiger partial charge in [-0.15, -0.1) is 0 Å². The summed E-state index contributed by atoms with van der Waals surface area (Å²) in [6, 6.07) is 8.23. The average Bonchev–Trinajstić information content (AvgIpc) is 3.01. The molecule has 1 aliphatic rings. The van der Waals surface area contributed by atoms with Gasteiger partial charge in [0.25, 0.3) is 0 Å². The summed E-state index contributed by atoms with van der Waals surface area (Å²) < 4.78 is 0. The zero-order valence-corrected chi connectivity index (χ0v) is 9.33. The van der Waals surface area contributed by atoms with Crippen LogP contribution in [0.25, 0.3) is 11.3 Å².